The van der Waals surface area contributed by atoms with Crippen molar-refractivity contribution >= 4 is 11.6 Å². The van der Waals surface area contributed by atoms with Gasteiger partial charge in [0.25, 0.3) is 0 Å². The van der Waals surface area contributed by atoms with E-state index in [1.54, 1.807) is 6.20 Å². The Morgan fingerprint density at radius 3 is 2.46 bits per heavy atom. The molecule has 1 heterocycles. The maximum absolute atomic E-state index is 8.94. The summed E-state index contributed by atoms with van der Waals surface area (Å²) in [7, 11) is 0. The summed E-state index contributed by atoms with van der Waals surface area (Å²) in [4.78, 5) is 6.70. The molecule has 0 N–H and O–H groups in total. The van der Waals surface area contributed by atoms with Crippen molar-refractivity contribution in [3.8, 4) is 17.4 Å². The monoisotopic (exact) mass is 365 g/mol. The summed E-state index contributed by atoms with van der Waals surface area (Å²) in [5.41, 5.74) is 2.79. The highest BCUT2D eigenvalue weighted by Crippen LogP contribution is 2.25. The standard InChI is InChI=1S/C21H20ClN3O/c1-3-25(15(2)17-6-4-16(12-23)5-7-17)14-21-24-13-20(26-21)18-8-10-19(22)11-9-18/h4-11,13,15H,3,14H2,1-2H3/t15-/m0/s1. The van der Waals surface area contributed by atoms with Gasteiger partial charge >= 0.3 is 0 Å². The molecule has 0 radical (unpaired) electrons. The van der Waals surface area contributed by atoms with E-state index in [2.05, 4.69) is 29.8 Å². The fourth-order valence-corrected chi connectivity index (χ4v) is 3.00. The summed E-state index contributed by atoms with van der Waals surface area (Å²) >= 11 is 5.93. The molecule has 0 bridgehead atoms. The lowest BCUT2D eigenvalue weighted by Crippen LogP contribution is -2.26. The highest BCUT2D eigenvalue weighted by Gasteiger charge is 2.17. The fourth-order valence-electron chi connectivity index (χ4n) is 2.87. The van der Waals surface area contributed by atoms with Crippen LogP contribution in [0.25, 0.3) is 11.3 Å². The Kier molecular flexibility index (Phi) is 5.72. The summed E-state index contributed by atoms with van der Waals surface area (Å²) in [5, 5.41) is 9.64. The number of oxazole rings is 1. The third-order valence-corrected chi connectivity index (χ3v) is 4.75. The van der Waals surface area contributed by atoms with Gasteiger partial charge in [-0.25, -0.2) is 4.98 Å². The zero-order chi connectivity index (χ0) is 18.5. The average Bonchev–Trinajstić information content (AvgIpc) is 3.15. The number of nitriles is 1. The average molecular weight is 366 g/mol. The lowest BCUT2D eigenvalue weighted by atomic mass is 10.1. The van der Waals surface area contributed by atoms with Crippen molar-refractivity contribution in [2.24, 2.45) is 0 Å². The summed E-state index contributed by atoms with van der Waals surface area (Å²) < 4.78 is 5.93. The van der Waals surface area contributed by atoms with Gasteiger partial charge in [0, 0.05) is 16.6 Å². The number of hydrogen-bond donors (Lipinski definition) is 0. The van der Waals surface area contributed by atoms with Crippen LogP contribution >= 0.6 is 11.6 Å². The first-order chi connectivity index (χ1) is 12.6. The molecule has 0 aliphatic rings. The minimum absolute atomic E-state index is 0.193. The van der Waals surface area contributed by atoms with Gasteiger partial charge in [0.2, 0.25) is 5.89 Å². The molecule has 0 aliphatic carbocycles. The second kappa shape index (κ2) is 8.18. The van der Waals surface area contributed by atoms with E-state index < -0.39 is 0 Å². The predicted octanol–water partition coefficient (Wildman–Crippen LogP) is 5.45. The summed E-state index contributed by atoms with van der Waals surface area (Å²) in [5.74, 6) is 1.41. The largest absolute Gasteiger partial charge is 0.439 e. The lowest BCUT2D eigenvalue weighted by molar-refractivity contribution is 0.193. The van der Waals surface area contributed by atoms with Crippen LogP contribution in [0, 0.1) is 11.3 Å². The molecule has 4 nitrogen and oxygen atoms in total. The number of benzene rings is 2. The minimum Gasteiger partial charge on any atom is -0.439 e. The third kappa shape index (κ3) is 4.13. The molecule has 0 saturated heterocycles. The van der Waals surface area contributed by atoms with Gasteiger partial charge in [-0.2, -0.15) is 5.26 Å². The van der Waals surface area contributed by atoms with Crippen molar-refractivity contribution in [2.45, 2.75) is 26.4 Å². The van der Waals surface area contributed by atoms with Gasteiger partial charge in [0.1, 0.15) is 0 Å². The van der Waals surface area contributed by atoms with Crippen LogP contribution in [-0.4, -0.2) is 16.4 Å². The maximum atomic E-state index is 8.94. The molecular weight excluding hydrogens is 346 g/mol. The van der Waals surface area contributed by atoms with Crippen LogP contribution in [0.2, 0.25) is 5.02 Å². The second-order valence-corrected chi connectivity index (χ2v) is 6.53. The Labute approximate surface area is 158 Å². The van der Waals surface area contributed by atoms with E-state index in [-0.39, 0.29) is 6.04 Å². The smallest absolute Gasteiger partial charge is 0.209 e. The van der Waals surface area contributed by atoms with E-state index in [1.807, 2.05) is 48.5 Å². The van der Waals surface area contributed by atoms with E-state index in [9.17, 15) is 0 Å². The highest BCUT2D eigenvalue weighted by atomic mass is 35.5. The molecule has 0 amide bonds. The number of halogens is 1. The van der Waals surface area contributed by atoms with Gasteiger partial charge in [0.15, 0.2) is 5.76 Å². The molecule has 3 aromatic rings. The van der Waals surface area contributed by atoms with Crippen LogP contribution in [0.1, 0.15) is 36.9 Å². The van der Waals surface area contributed by atoms with Crippen LogP contribution in [0.15, 0.2) is 59.1 Å². The summed E-state index contributed by atoms with van der Waals surface area (Å²) in [6.07, 6.45) is 1.75. The molecule has 26 heavy (non-hydrogen) atoms. The summed E-state index contributed by atoms with van der Waals surface area (Å²) in [6.45, 7) is 5.74. The molecule has 1 aromatic heterocycles. The summed E-state index contributed by atoms with van der Waals surface area (Å²) in [6, 6.07) is 17.6. The van der Waals surface area contributed by atoms with Gasteiger partial charge in [-0.1, -0.05) is 30.7 Å². The van der Waals surface area contributed by atoms with E-state index >= 15 is 0 Å². The quantitative estimate of drug-likeness (QED) is 0.582. The molecule has 0 unspecified atom stereocenters. The Hall–Kier alpha value is -2.61. The molecule has 5 heteroatoms. The Morgan fingerprint density at radius 2 is 1.85 bits per heavy atom. The van der Waals surface area contributed by atoms with Crippen LogP contribution < -0.4 is 0 Å². The molecule has 0 fully saturated rings. The predicted molar refractivity (Wildman–Crippen MR) is 103 cm³/mol. The topological polar surface area (TPSA) is 53.1 Å². The normalized spacial score (nSPS) is 12.1. The zero-order valence-corrected chi connectivity index (χ0v) is 15.6. The zero-order valence-electron chi connectivity index (χ0n) is 14.8. The highest BCUT2D eigenvalue weighted by molar-refractivity contribution is 6.30. The third-order valence-electron chi connectivity index (χ3n) is 4.50. The van der Waals surface area contributed by atoms with Crippen LogP contribution in [0.4, 0.5) is 0 Å². The molecule has 132 valence electrons. The Balaban J connectivity index is 1.73. The van der Waals surface area contributed by atoms with Gasteiger partial charge in [-0.15, -0.1) is 0 Å². The SMILES string of the molecule is CCN(Cc1ncc(-c2ccc(Cl)cc2)o1)[C@@H](C)c1ccc(C#N)cc1. The van der Waals surface area contributed by atoms with Crippen molar-refractivity contribution in [1.82, 2.24) is 9.88 Å². The first-order valence-electron chi connectivity index (χ1n) is 8.55. The van der Waals surface area contributed by atoms with Crippen molar-refractivity contribution in [2.75, 3.05) is 6.54 Å². The fraction of sp³-hybridized carbons (Fsp3) is 0.238. The van der Waals surface area contributed by atoms with Crippen molar-refractivity contribution in [1.29, 1.82) is 5.26 Å². The van der Waals surface area contributed by atoms with Crippen molar-refractivity contribution in [3.63, 3.8) is 0 Å². The number of hydrogen-bond acceptors (Lipinski definition) is 4. The molecule has 2 aromatic carbocycles. The van der Waals surface area contributed by atoms with Crippen molar-refractivity contribution in [3.05, 3.63) is 76.8 Å². The van der Waals surface area contributed by atoms with Crippen molar-refractivity contribution < 1.29 is 4.42 Å². The number of rotatable bonds is 6. The van der Waals surface area contributed by atoms with Crippen LogP contribution in [0.5, 0.6) is 0 Å². The van der Waals surface area contributed by atoms with E-state index in [4.69, 9.17) is 21.3 Å². The number of nitrogens with zero attached hydrogens (tertiary/aromatic N) is 3. The molecule has 0 spiro atoms. The molecule has 0 aliphatic heterocycles. The molecular formula is C21H20ClN3O. The van der Waals surface area contributed by atoms with Gasteiger partial charge in [0.05, 0.1) is 24.4 Å². The van der Waals surface area contributed by atoms with Gasteiger partial charge < -0.3 is 4.42 Å². The molecule has 3 rings (SSSR count). The van der Waals surface area contributed by atoms with E-state index in [0.717, 1.165) is 23.4 Å². The van der Waals surface area contributed by atoms with E-state index in [1.165, 1.54) is 0 Å². The number of aromatic nitrogens is 1. The maximum Gasteiger partial charge on any atom is 0.209 e. The van der Waals surface area contributed by atoms with Gasteiger partial charge in [-0.05, 0) is 55.4 Å². The first-order valence-corrected chi connectivity index (χ1v) is 8.93. The van der Waals surface area contributed by atoms with Crippen LogP contribution in [0.3, 0.4) is 0 Å². The Bertz CT molecular complexity index is 894. The Morgan fingerprint density at radius 1 is 1.15 bits per heavy atom. The van der Waals surface area contributed by atoms with E-state index in [0.29, 0.717) is 23.0 Å². The first kappa shape index (κ1) is 18.2. The lowest BCUT2D eigenvalue weighted by Gasteiger charge is -2.26. The molecule has 1 atom stereocenters. The van der Waals surface area contributed by atoms with Gasteiger partial charge in [-0.3, -0.25) is 4.90 Å². The minimum atomic E-state index is 0.193. The second-order valence-electron chi connectivity index (χ2n) is 6.10. The molecule has 0 saturated carbocycles. The van der Waals surface area contributed by atoms with Crippen LogP contribution in [-0.2, 0) is 6.54 Å².